The number of carbonyl (C=O) groups excluding carboxylic acids is 3. The Hall–Kier alpha value is -4.01. The van der Waals surface area contributed by atoms with E-state index in [2.05, 4.69) is 0 Å². The number of aliphatic hydroxyl groups is 1. The summed E-state index contributed by atoms with van der Waals surface area (Å²) in [5, 5.41) is 9.86. The monoisotopic (exact) mass is 462 g/mol. The Morgan fingerprint density at radius 1 is 0.618 bits per heavy atom. The Labute approximate surface area is 195 Å². The lowest BCUT2D eigenvalue weighted by molar-refractivity contribution is -0.141. The average molecular weight is 462 g/mol. The zero-order valence-corrected chi connectivity index (χ0v) is 18.0. The summed E-state index contributed by atoms with van der Waals surface area (Å²) in [5.74, 6) is -2.16. The van der Waals surface area contributed by atoms with Crippen molar-refractivity contribution in [3.05, 3.63) is 108 Å². The molecule has 1 fully saturated rings. The summed E-state index contributed by atoms with van der Waals surface area (Å²) in [5.41, 5.74) is 0.762. The summed E-state index contributed by atoms with van der Waals surface area (Å²) < 4.78 is 22.3. The first-order valence-electron chi connectivity index (χ1n) is 10.6. The van der Waals surface area contributed by atoms with Crippen LogP contribution in [-0.4, -0.2) is 54.2 Å². The molecule has 4 rings (SSSR count). The molecule has 1 saturated heterocycles. The Balaban J connectivity index is 1.59. The molecule has 34 heavy (non-hydrogen) atoms. The molecule has 0 unspecified atom stereocenters. The molecule has 0 radical (unpaired) electrons. The molecule has 1 aliphatic heterocycles. The summed E-state index contributed by atoms with van der Waals surface area (Å²) in [6.07, 6.45) is -5.04. The summed E-state index contributed by atoms with van der Waals surface area (Å²) in [6, 6.07) is 24.6. The fourth-order valence-corrected chi connectivity index (χ4v) is 3.48. The standard InChI is InChI=1S/C26H22O8/c27-16-20-21(32-23(28)17-10-4-1-5-11-17)22(33-24(29)18-12-6-2-7-13-18)26(31-20)34-25(30)19-14-8-3-9-15-19/h1-15,20-22,26-27H,16H2/t20-,21-,22-,26-/m0/s1. The first kappa shape index (κ1) is 23.2. The van der Waals surface area contributed by atoms with E-state index in [1.807, 2.05) is 0 Å². The van der Waals surface area contributed by atoms with Crippen LogP contribution in [0.15, 0.2) is 91.0 Å². The van der Waals surface area contributed by atoms with Gasteiger partial charge in [0.15, 0.2) is 6.10 Å². The van der Waals surface area contributed by atoms with Crippen molar-refractivity contribution in [3.63, 3.8) is 0 Å². The van der Waals surface area contributed by atoms with Crippen molar-refractivity contribution in [2.75, 3.05) is 6.61 Å². The molecule has 1 N–H and O–H groups in total. The van der Waals surface area contributed by atoms with Crippen molar-refractivity contribution in [2.24, 2.45) is 0 Å². The van der Waals surface area contributed by atoms with Crippen molar-refractivity contribution < 1.29 is 38.4 Å². The molecule has 174 valence electrons. The Morgan fingerprint density at radius 2 is 1.00 bits per heavy atom. The molecule has 0 bridgehead atoms. The molecule has 3 aromatic rings. The van der Waals surface area contributed by atoms with Gasteiger partial charge < -0.3 is 24.1 Å². The van der Waals surface area contributed by atoms with Crippen molar-refractivity contribution in [1.29, 1.82) is 0 Å². The van der Waals surface area contributed by atoms with Gasteiger partial charge in [-0.25, -0.2) is 14.4 Å². The molecule has 3 aromatic carbocycles. The largest absolute Gasteiger partial charge is 0.452 e. The van der Waals surface area contributed by atoms with Gasteiger partial charge in [0.2, 0.25) is 12.4 Å². The maximum atomic E-state index is 12.8. The zero-order chi connectivity index (χ0) is 23.9. The highest BCUT2D eigenvalue weighted by Crippen LogP contribution is 2.30. The van der Waals surface area contributed by atoms with Gasteiger partial charge in [-0.3, -0.25) is 0 Å². The second kappa shape index (κ2) is 10.7. The van der Waals surface area contributed by atoms with Crippen LogP contribution >= 0.6 is 0 Å². The van der Waals surface area contributed by atoms with Crippen LogP contribution in [0.4, 0.5) is 0 Å². The zero-order valence-electron chi connectivity index (χ0n) is 18.0. The third-order valence-corrected chi connectivity index (χ3v) is 5.19. The van der Waals surface area contributed by atoms with Crippen LogP contribution in [-0.2, 0) is 18.9 Å². The van der Waals surface area contributed by atoms with Crippen LogP contribution in [0.5, 0.6) is 0 Å². The summed E-state index contributed by atoms with van der Waals surface area (Å²) >= 11 is 0. The molecule has 1 heterocycles. The molecule has 0 spiro atoms. The van der Waals surface area contributed by atoms with Crippen LogP contribution in [0.1, 0.15) is 31.1 Å². The minimum atomic E-state index is -1.41. The molecule has 0 saturated carbocycles. The van der Waals surface area contributed by atoms with Gasteiger partial charge in [0, 0.05) is 0 Å². The van der Waals surface area contributed by atoms with Gasteiger partial charge in [0.05, 0.1) is 23.3 Å². The maximum Gasteiger partial charge on any atom is 0.340 e. The van der Waals surface area contributed by atoms with E-state index in [0.29, 0.717) is 0 Å². The number of rotatable bonds is 7. The number of hydrogen-bond donors (Lipinski definition) is 1. The first-order valence-corrected chi connectivity index (χ1v) is 10.6. The molecule has 8 heteroatoms. The quantitative estimate of drug-likeness (QED) is 0.422. The number of benzene rings is 3. The predicted molar refractivity (Wildman–Crippen MR) is 119 cm³/mol. The van der Waals surface area contributed by atoms with Gasteiger partial charge in [-0.2, -0.15) is 0 Å². The third kappa shape index (κ3) is 5.31. The van der Waals surface area contributed by atoms with Crippen molar-refractivity contribution >= 4 is 17.9 Å². The van der Waals surface area contributed by atoms with Gasteiger partial charge >= 0.3 is 17.9 Å². The van der Waals surface area contributed by atoms with E-state index in [-0.39, 0.29) is 16.7 Å². The van der Waals surface area contributed by atoms with Crippen LogP contribution in [0, 0.1) is 0 Å². The molecular weight excluding hydrogens is 440 g/mol. The summed E-state index contributed by atoms with van der Waals surface area (Å²) in [7, 11) is 0. The highest BCUT2D eigenvalue weighted by molar-refractivity contribution is 5.91. The number of ether oxygens (including phenoxy) is 4. The van der Waals surface area contributed by atoms with Crippen LogP contribution in [0.3, 0.4) is 0 Å². The molecule has 8 nitrogen and oxygen atoms in total. The van der Waals surface area contributed by atoms with E-state index in [9.17, 15) is 19.5 Å². The van der Waals surface area contributed by atoms with Gasteiger partial charge in [0.25, 0.3) is 0 Å². The van der Waals surface area contributed by atoms with Gasteiger partial charge in [-0.05, 0) is 36.4 Å². The second-order valence-electron chi connectivity index (χ2n) is 7.47. The number of carbonyl (C=O) groups is 3. The lowest BCUT2D eigenvalue weighted by Gasteiger charge is -2.23. The molecule has 1 aliphatic rings. The van der Waals surface area contributed by atoms with Crippen molar-refractivity contribution in [3.8, 4) is 0 Å². The van der Waals surface area contributed by atoms with Crippen LogP contribution in [0.2, 0.25) is 0 Å². The Bertz CT molecular complexity index is 1120. The molecule has 0 aromatic heterocycles. The third-order valence-electron chi connectivity index (χ3n) is 5.19. The van der Waals surface area contributed by atoms with E-state index in [4.69, 9.17) is 18.9 Å². The first-order chi connectivity index (χ1) is 16.6. The Morgan fingerprint density at radius 3 is 1.41 bits per heavy atom. The van der Waals surface area contributed by atoms with E-state index in [1.54, 1.807) is 91.0 Å². The lowest BCUT2D eigenvalue weighted by atomic mass is 10.1. The van der Waals surface area contributed by atoms with E-state index >= 15 is 0 Å². The number of esters is 3. The summed E-state index contributed by atoms with van der Waals surface area (Å²) in [4.78, 5) is 38.1. The topological polar surface area (TPSA) is 108 Å². The number of aliphatic hydroxyl groups excluding tert-OH is 1. The SMILES string of the molecule is O=C(O[C@@H]1O[C@@H](CO)[C@H](OC(=O)c2ccccc2)[C@@H]1OC(=O)c1ccccc1)c1ccccc1. The molecule has 0 amide bonds. The van der Waals surface area contributed by atoms with Crippen molar-refractivity contribution in [2.45, 2.75) is 24.6 Å². The van der Waals surface area contributed by atoms with Gasteiger partial charge in [0.1, 0.15) is 6.10 Å². The van der Waals surface area contributed by atoms with Crippen LogP contribution < -0.4 is 0 Å². The van der Waals surface area contributed by atoms with E-state index in [1.165, 1.54) is 0 Å². The fraction of sp³-hybridized carbons (Fsp3) is 0.192. The average Bonchev–Trinajstić information content (AvgIpc) is 3.20. The van der Waals surface area contributed by atoms with E-state index < -0.39 is 49.1 Å². The highest BCUT2D eigenvalue weighted by atomic mass is 16.7. The smallest absolute Gasteiger partial charge is 0.340 e. The summed E-state index contributed by atoms with van der Waals surface area (Å²) in [6.45, 7) is -0.564. The molecule has 0 aliphatic carbocycles. The maximum absolute atomic E-state index is 12.8. The van der Waals surface area contributed by atoms with Gasteiger partial charge in [-0.15, -0.1) is 0 Å². The van der Waals surface area contributed by atoms with Crippen molar-refractivity contribution in [1.82, 2.24) is 0 Å². The normalized spacial score (nSPS) is 21.4. The van der Waals surface area contributed by atoms with E-state index in [0.717, 1.165) is 0 Å². The predicted octanol–water partition coefficient (Wildman–Crippen LogP) is 3.01. The minimum absolute atomic E-state index is 0.247. The fourth-order valence-electron chi connectivity index (χ4n) is 3.48. The van der Waals surface area contributed by atoms with Gasteiger partial charge in [-0.1, -0.05) is 54.6 Å². The minimum Gasteiger partial charge on any atom is -0.452 e. The molecular formula is C26H22O8. The Kier molecular flexibility index (Phi) is 7.31. The lowest BCUT2D eigenvalue weighted by Crippen LogP contribution is -2.42. The highest BCUT2D eigenvalue weighted by Gasteiger charge is 2.51. The van der Waals surface area contributed by atoms with Crippen LogP contribution in [0.25, 0.3) is 0 Å². The second-order valence-corrected chi connectivity index (χ2v) is 7.47. The number of hydrogen-bond acceptors (Lipinski definition) is 8. The molecule has 4 atom stereocenters.